The number of rotatable bonds is 4. The fraction of sp³-hybridized carbons (Fsp3) is 0.714. The highest BCUT2D eigenvalue weighted by Gasteiger charge is 2.25. The molecule has 2 heterocycles. The average Bonchev–Trinajstić information content (AvgIpc) is 2.84. The van der Waals surface area contributed by atoms with Crippen molar-refractivity contribution in [1.82, 2.24) is 15.2 Å². The van der Waals surface area contributed by atoms with Crippen LogP contribution in [0.25, 0.3) is 0 Å². The minimum absolute atomic E-state index is 0.0721. The molecule has 1 aliphatic heterocycles. The maximum absolute atomic E-state index is 12.1. The lowest BCUT2D eigenvalue weighted by atomic mass is 10.1. The number of thiazole rings is 1. The first-order valence-corrected chi connectivity index (χ1v) is 9.04. The number of hydrogen-bond donors (Lipinski definition) is 1. The van der Waals surface area contributed by atoms with Crippen LogP contribution in [0, 0.1) is 12.8 Å². The Labute approximate surface area is 129 Å². The Morgan fingerprint density at radius 2 is 2.40 bits per heavy atom. The van der Waals surface area contributed by atoms with Gasteiger partial charge in [0.25, 0.3) is 0 Å². The highest BCUT2D eigenvalue weighted by Crippen LogP contribution is 2.24. The molecule has 1 atom stereocenters. The largest absolute Gasteiger partial charge is 0.338 e. The summed E-state index contributed by atoms with van der Waals surface area (Å²) in [5.74, 6) is 1.66. The van der Waals surface area contributed by atoms with E-state index in [4.69, 9.17) is 0 Å². The van der Waals surface area contributed by atoms with Gasteiger partial charge >= 0.3 is 6.03 Å². The molecular formula is C14H23N3OS2. The van der Waals surface area contributed by atoms with Crippen LogP contribution in [0.15, 0.2) is 5.38 Å². The van der Waals surface area contributed by atoms with Gasteiger partial charge in [0, 0.05) is 42.4 Å². The minimum atomic E-state index is 0.0721. The molecule has 0 bridgehead atoms. The van der Waals surface area contributed by atoms with Gasteiger partial charge in [-0.05, 0) is 12.8 Å². The summed E-state index contributed by atoms with van der Waals surface area (Å²) in [5.41, 5.74) is 1.07. The summed E-state index contributed by atoms with van der Waals surface area (Å²) in [6.45, 7) is 8.84. The zero-order valence-corrected chi connectivity index (χ0v) is 14.0. The summed E-state index contributed by atoms with van der Waals surface area (Å²) in [6, 6.07) is 0.0721. The van der Waals surface area contributed by atoms with Gasteiger partial charge < -0.3 is 10.2 Å². The van der Waals surface area contributed by atoms with Crippen molar-refractivity contribution in [3.8, 4) is 0 Å². The molecule has 0 saturated carbocycles. The lowest BCUT2D eigenvalue weighted by Crippen LogP contribution is -2.48. The van der Waals surface area contributed by atoms with Crippen LogP contribution >= 0.6 is 23.1 Å². The van der Waals surface area contributed by atoms with Crippen LogP contribution in [-0.4, -0.2) is 46.6 Å². The van der Waals surface area contributed by atoms with Gasteiger partial charge in [-0.2, -0.15) is 11.8 Å². The van der Waals surface area contributed by atoms with Gasteiger partial charge in [-0.25, -0.2) is 9.78 Å². The van der Waals surface area contributed by atoms with E-state index in [1.807, 2.05) is 23.6 Å². The molecule has 1 saturated heterocycles. The summed E-state index contributed by atoms with van der Waals surface area (Å²) in [5, 5.41) is 6.72. The molecule has 1 aromatic rings. The third-order valence-corrected chi connectivity index (χ3v) is 5.81. The van der Waals surface area contributed by atoms with Crippen LogP contribution in [0.5, 0.6) is 0 Å². The molecule has 0 radical (unpaired) electrons. The molecule has 0 aliphatic carbocycles. The first kappa shape index (κ1) is 15.6. The van der Waals surface area contributed by atoms with Gasteiger partial charge in [0.15, 0.2) is 0 Å². The number of nitrogens with one attached hydrogen (secondary N) is 1. The molecule has 4 nitrogen and oxygen atoms in total. The van der Waals surface area contributed by atoms with Crippen LogP contribution in [-0.2, 0) is 6.42 Å². The highest BCUT2D eigenvalue weighted by atomic mass is 32.2. The molecule has 6 heteroatoms. The standard InChI is InChI=1S/C14H23N3OS2/c1-10(2)13-8-17(6-7-19-13)14(18)15-5-4-12-9-20-11(3)16-12/h9-10,13H,4-8H2,1-3H3,(H,15,18)/t13-/m1/s1. The Bertz CT molecular complexity index is 447. The Morgan fingerprint density at radius 3 is 3.05 bits per heavy atom. The van der Waals surface area contributed by atoms with E-state index in [1.165, 1.54) is 0 Å². The fourth-order valence-corrected chi connectivity index (χ4v) is 4.14. The molecule has 20 heavy (non-hydrogen) atoms. The summed E-state index contributed by atoms with van der Waals surface area (Å²) < 4.78 is 0. The quantitative estimate of drug-likeness (QED) is 0.929. The summed E-state index contributed by atoms with van der Waals surface area (Å²) in [7, 11) is 0. The van der Waals surface area contributed by atoms with E-state index in [0.29, 0.717) is 17.7 Å². The second kappa shape index (κ2) is 7.31. The molecule has 1 fully saturated rings. The molecule has 0 aromatic carbocycles. The molecule has 0 spiro atoms. The number of carbonyl (C=O) groups is 1. The van der Waals surface area contributed by atoms with Gasteiger partial charge in [0.2, 0.25) is 0 Å². The lowest BCUT2D eigenvalue weighted by Gasteiger charge is -2.34. The molecule has 1 N–H and O–H groups in total. The number of thioether (sulfide) groups is 1. The Kier molecular flexibility index (Phi) is 5.72. The number of hydrogen-bond acceptors (Lipinski definition) is 4. The van der Waals surface area contributed by atoms with Crippen molar-refractivity contribution in [1.29, 1.82) is 0 Å². The maximum atomic E-state index is 12.1. The van der Waals surface area contributed by atoms with E-state index in [2.05, 4.69) is 29.5 Å². The molecule has 1 aromatic heterocycles. The van der Waals surface area contributed by atoms with Crippen LogP contribution in [0.2, 0.25) is 0 Å². The van der Waals surface area contributed by atoms with Crippen LogP contribution in [0.3, 0.4) is 0 Å². The van der Waals surface area contributed by atoms with E-state index >= 15 is 0 Å². The van der Waals surface area contributed by atoms with Crippen molar-refractivity contribution in [2.45, 2.75) is 32.4 Å². The summed E-state index contributed by atoms with van der Waals surface area (Å²) >= 11 is 3.64. The van der Waals surface area contributed by atoms with E-state index in [9.17, 15) is 4.79 Å². The number of amides is 2. The van der Waals surface area contributed by atoms with Crippen LogP contribution < -0.4 is 5.32 Å². The Hall–Kier alpha value is -0.750. The summed E-state index contributed by atoms with van der Waals surface area (Å²) in [4.78, 5) is 18.5. The fourth-order valence-electron chi connectivity index (χ4n) is 2.20. The third kappa shape index (κ3) is 4.38. The van der Waals surface area contributed by atoms with Crippen molar-refractivity contribution >= 4 is 29.1 Å². The van der Waals surface area contributed by atoms with Crippen molar-refractivity contribution in [2.24, 2.45) is 5.92 Å². The van der Waals surface area contributed by atoms with Gasteiger partial charge in [-0.3, -0.25) is 0 Å². The molecule has 0 unspecified atom stereocenters. The molecule has 2 amide bonds. The number of urea groups is 1. The predicted molar refractivity (Wildman–Crippen MR) is 86.6 cm³/mol. The number of carbonyl (C=O) groups excluding carboxylic acids is 1. The smallest absolute Gasteiger partial charge is 0.317 e. The zero-order chi connectivity index (χ0) is 14.5. The average molecular weight is 313 g/mol. The highest BCUT2D eigenvalue weighted by molar-refractivity contribution is 8.00. The van der Waals surface area contributed by atoms with Crippen molar-refractivity contribution in [3.63, 3.8) is 0 Å². The molecular weight excluding hydrogens is 290 g/mol. The Morgan fingerprint density at radius 1 is 1.60 bits per heavy atom. The number of aryl methyl sites for hydroxylation is 1. The van der Waals surface area contributed by atoms with Crippen LogP contribution in [0.4, 0.5) is 4.79 Å². The van der Waals surface area contributed by atoms with Crippen molar-refractivity contribution in [3.05, 3.63) is 16.1 Å². The third-order valence-electron chi connectivity index (χ3n) is 3.45. The van der Waals surface area contributed by atoms with Crippen molar-refractivity contribution < 1.29 is 4.79 Å². The van der Waals surface area contributed by atoms with E-state index in [1.54, 1.807) is 11.3 Å². The monoisotopic (exact) mass is 313 g/mol. The lowest BCUT2D eigenvalue weighted by molar-refractivity contribution is 0.197. The normalized spacial score (nSPS) is 19.4. The number of aromatic nitrogens is 1. The first-order chi connectivity index (χ1) is 9.56. The molecule has 1 aliphatic rings. The topological polar surface area (TPSA) is 45.2 Å². The second-order valence-corrected chi connectivity index (χ2v) is 7.85. The first-order valence-electron chi connectivity index (χ1n) is 7.11. The van der Waals surface area contributed by atoms with E-state index in [-0.39, 0.29) is 6.03 Å². The summed E-state index contributed by atoms with van der Waals surface area (Å²) in [6.07, 6.45) is 0.812. The van der Waals surface area contributed by atoms with Crippen molar-refractivity contribution in [2.75, 3.05) is 25.4 Å². The van der Waals surface area contributed by atoms with Gasteiger partial charge in [-0.1, -0.05) is 13.8 Å². The number of nitrogens with zero attached hydrogens (tertiary/aromatic N) is 2. The maximum Gasteiger partial charge on any atom is 0.317 e. The minimum Gasteiger partial charge on any atom is -0.338 e. The van der Waals surface area contributed by atoms with Gasteiger partial charge in [-0.15, -0.1) is 11.3 Å². The zero-order valence-electron chi connectivity index (χ0n) is 12.4. The van der Waals surface area contributed by atoms with Crippen LogP contribution in [0.1, 0.15) is 24.5 Å². The van der Waals surface area contributed by atoms with Gasteiger partial charge in [0.1, 0.15) is 0 Å². The van der Waals surface area contributed by atoms with Gasteiger partial charge in [0.05, 0.1) is 10.7 Å². The van der Waals surface area contributed by atoms with E-state index in [0.717, 1.165) is 36.0 Å². The second-order valence-electron chi connectivity index (χ2n) is 5.44. The molecule has 112 valence electrons. The van der Waals surface area contributed by atoms with E-state index < -0.39 is 0 Å². The SMILES string of the molecule is Cc1nc(CCNC(=O)N2CCS[C@@H](C(C)C)C2)cs1. The Balaban J connectivity index is 1.74. The predicted octanol–water partition coefficient (Wildman–Crippen LogP) is 2.78. The molecule has 2 rings (SSSR count).